The molecule has 1 aromatic rings. The van der Waals surface area contributed by atoms with E-state index in [1.54, 1.807) is 24.3 Å². The summed E-state index contributed by atoms with van der Waals surface area (Å²) in [6.45, 7) is 0. The first-order valence-corrected chi connectivity index (χ1v) is 7.42. The maximum atomic E-state index is 11.6. The zero-order valence-electron chi connectivity index (χ0n) is 8.62. The molecule has 6 heteroatoms. The molecular formula is C10H13Cl2NO2S. The lowest BCUT2D eigenvalue weighted by molar-refractivity contribution is 0.598. The van der Waals surface area contributed by atoms with Crippen LogP contribution in [0, 0.1) is 0 Å². The Morgan fingerprint density at radius 2 is 1.88 bits per heavy atom. The standard InChI is InChI=1S/C10H13Cl2NO2S/c11-7-3-4-8-16(14,15)13-10-6-2-1-5-9(10)12/h1-2,5-6,13H,3-4,7-8H2. The summed E-state index contributed by atoms with van der Waals surface area (Å²) in [5, 5.41) is 0.392. The van der Waals surface area contributed by atoms with Crippen molar-refractivity contribution in [2.75, 3.05) is 16.4 Å². The van der Waals surface area contributed by atoms with Gasteiger partial charge in [-0.25, -0.2) is 8.42 Å². The van der Waals surface area contributed by atoms with Crippen LogP contribution in [0.25, 0.3) is 0 Å². The minimum absolute atomic E-state index is 0.0605. The number of nitrogens with one attached hydrogen (secondary N) is 1. The van der Waals surface area contributed by atoms with Crippen molar-refractivity contribution in [2.45, 2.75) is 12.8 Å². The summed E-state index contributed by atoms with van der Waals surface area (Å²) in [6, 6.07) is 6.73. The van der Waals surface area contributed by atoms with Crippen LogP contribution in [0.3, 0.4) is 0 Å². The van der Waals surface area contributed by atoms with Gasteiger partial charge in [0.15, 0.2) is 0 Å². The lowest BCUT2D eigenvalue weighted by Crippen LogP contribution is -2.16. The molecule has 0 saturated carbocycles. The Balaban J connectivity index is 2.63. The van der Waals surface area contributed by atoms with E-state index in [4.69, 9.17) is 23.2 Å². The van der Waals surface area contributed by atoms with Crippen LogP contribution < -0.4 is 4.72 Å². The highest BCUT2D eigenvalue weighted by atomic mass is 35.5. The minimum atomic E-state index is -3.32. The van der Waals surface area contributed by atoms with E-state index in [1.165, 1.54) is 0 Å². The summed E-state index contributed by atoms with van der Waals surface area (Å²) < 4.78 is 25.7. The number of hydrogen-bond donors (Lipinski definition) is 1. The van der Waals surface area contributed by atoms with E-state index >= 15 is 0 Å². The van der Waals surface area contributed by atoms with Gasteiger partial charge in [0.2, 0.25) is 10.0 Å². The van der Waals surface area contributed by atoms with Crippen LogP contribution in [0.5, 0.6) is 0 Å². The number of halogens is 2. The van der Waals surface area contributed by atoms with E-state index in [0.29, 0.717) is 29.4 Å². The average molecular weight is 282 g/mol. The van der Waals surface area contributed by atoms with Gasteiger partial charge < -0.3 is 0 Å². The molecule has 0 fully saturated rings. The number of rotatable bonds is 6. The Morgan fingerprint density at radius 1 is 1.19 bits per heavy atom. The summed E-state index contributed by atoms with van der Waals surface area (Å²) in [4.78, 5) is 0. The SMILES string of the molecule is O=S(=O)(CCCCCl)Nc1ccccc1Cl. The summed E-state index contributed by atoms with van der Waals surface area (Å²) in [6.07, 6.45) is 1.23. The molecule has 0 heterocycles. The molecule has 3 nitrogen and oxygen atoms in total. The zero-order chi connectivity index (χ0) is 12.0. The molecule has 0 atom stereocenters. The maximum absolute atomic E-state index is 11.6. The molecule has 0 amide bonds. The second-order valence-electron chi connectivity index (χ2n) is 3.30. The predicted octanol–water partition coefficient (Wildman–Crippen LogP) is 3.10. The summed E-state index contributed by atoms with van der Waals surface area (Å²) in [7, 11) is -3.32. The van der Waals surface area contributed by atoms with E-state index in [0.717, 1.165) is 0 Å². The van der Waals surface area contributed by atoms with Gasteiger partial charge in [0.25, 0.3) is 0 Å². The van der Waals surface area contributed by atoms with Crippen molar-refractivity contribution in [1.82, 2.24) is 0 Å². The van der Waals surface area contributed by atoms with Crippen molar-refractivity contribution < 1.29 is 8.42 Å². The second-order valence-corrected chi connectivity index (χ2v) is 5.92. The maximum Gasteiger partial charge on any atom is 0.232 e. The molecule has 0 unspecified atom stereocenters. The van der Waals surface area contributed by atoms with Crippen LogP contribution in [0.2, 0.25) is 5.02 Å². The van der Waals surface area contributed by atoms with Gasteiger partial charge in [0.1, 0.15) is 0 Å². The molecular weight excluding hydrogens is 269 g/mol. The Morgan fingerprint density at radius 3 is 2.50 bits per heavy atom. The smallest absolute Gasteiger partial charge is 0.232 e. The highest BCUT2D eigenvalue weighted by Crippen LogP contribution is 2.21. The van der Waals surface area contributed by atoms with E-state index < -0.39 is 10.0 Å². The number of unbranched alkanes of at least 4 members (excludes halogenated alkanes) is 1. The van der Waals surface area contributed by atoms with Gasteiger partial charge >= 0.3 is 0 Å². The average Bonchev–Trinajstić information content (AvgIpc) is 2.21. The van der Waals surface area contributed by atoms with Crippen molar-refractivity contribution >= 4 is 38.9 Å². The van der Waals surface area contributed by atoms with Crippen molar-refractivity contribution in [3.63, 3.8) is 0 Å². The molecule has 0 spiro atoms. The molecule has 0 aliphatic rings. The van der Waals surface area contributed by atoms with Crippen molar-refractivity contribution in [3.8, 4) is 0 Å². The first-order chi connectivity index (χ1) is 7.55. The molecule has 1 N–H and O–H groups in total. The molecule has 90 valence electrons. The number of sulfonamides is 1. The lowest BCUT2D eigenvalue weighted by Gasteiger charge is -2.08. The fourth-order valence-electron chi connectivity index (χ4n) is 1.15. The molecule has 0 saturated heterocycles. The van der Waals surface area contributed by atoms with E-state index in [9.17, 15) is 8.42 Å². The van der Waals surface area contributed by atoms with E-state index in [1.807, 2.05) is 0 Å². The van der Waals surface area contributed by atoms with Crippen molar-refractivity contribution in [3.05, 3.63) is 29.3 Å². The van der Waals surface area contributed by atoms with Gasteiger partial charge in [-0.05, 0) is 25.0 Å². The number of hydrogen-bond acceptors (Lipinski definition) is 2. The van der Waals surface area contributed by atoms with Gasteiger partial charge in [-0.1, -0.05) is 23.7 Å². The Hall–Kier alpha value is -0.450. The van der Waals surface area contributed by atoms with Gasteiger partial charge in [-0.3, -0.25) is 4.72 Å². The molecule has 0 aliphatic heterocycles. The first-order valence-electron chi connectivity index (χ1n) is 4.86. The zero-order valence-corrected chi connectivity index (χ0v) is 10.9. The molecule has 0 bridgehead atoms. The number of para-hydroxylation sites is 1. The highest BCUT2D eigenvalue weighted by molar-refractivity contribution is 7.92. The van der Waals surface area contributed by atoms with E-state index in [-0.39, 0.29) is 5.75 Å². The Labute approximate surface area is 106 Å². The van der Waals surface area contributed by atoms with E-state index in [2.05, 4.69) is 4.72 Å². The third-order valence-corrected chi connectivity index (χ3v) is 3.89. The first kappa shape index (κ1) is 13.6. The van der Waals surface area contributed by atoms with Crippen molar-refractivity contribution in [1.29, 1.82) is 0 Å². The van der Waals surface area contributed by atoms with Crippen LogP contribution in [-0.2, 0) is 10.0 Å². The van der Waals surface area contributed by atoms with Crippen LogP contribution in [0.4, 0.5) is 5.69 Å². The number of benzene rings is 1. The van der Waals surface area contributed by atoms with Gasteiger partial charge in [-0.15, -0.1) is 11.6 Å². The van der Waals surface area contributed by atoms with Gasteiger partial charge in [-0.2, -0.15) is 0 Å². The van der Waals surface area contributed by atoms with Crippen LogP contribution >= 0.6 is 23.2 Å². The largest absolute Gasteiger partial charge is 0.282 e. The summed E-state index contributed by atoms with van der Waals surface area (Å²) >= 11 is 11.3. The topological polar surface area (TPSA) is 46.2 Å². The minimum Gasteiger partial charge on any atom is -0.282 e. The molecule has 0 aliphatic carbocycles. The monoisotopic (exact) mass is 281 g/mol. The summed E-state index contributed by atoms with van der Waals surface area (Å²) in [5.41, 5.74) is 0.412. The fourth-order valence-corrected chi connectivity index (χ4v) is 2.78. The Bertz CT molecular complexity index is 434. The third kappa shape index (κ3) is 4.60. The number of anilines is 1. The molecule has 0 aromatic heterocycles. The fraction of sp³-hybridized carbons (Fsp3) is 0.400. The normalized spacial score (nSPS) is 11.4. The highest BCUT2D eigenvalue weighted by Gasteiger charge is 2.11. The number of alkyl halides is 1. The van der Waals surface area contributed by atoms with Gasteiger partial charge in [0, 0.05) is 5.88 Å². The lowest BCUT2D eigenvalue weighted by atomic mass is 10.3. The molecule has 16 heavy (non-hydrogen) atoms. The second kappa shape index (κ2) is 6.33. The predicted molar refractivity (Wildman–Crippen MR) is 68.8 cm³/mol. The molecule has 1 aromatic carbocycles. The Kier molecular flexibility index (Phi) is 5.38. The molecule has 1 rings (SSSR count). The molecule has 0 radical (unpaired) electrons. The van der Waals surface area contributed by atoms with Crippen LogP contribution in [0.15, 0.2) is 24.3 Å². The quantitative estimate of drug-likeness (QED) is 0.643. The third-order valence-electron chi connectivity index (χ3n) is 1.94. The van der Waals surface area contributed by atoms with Crippen LogP contribution in [0.1, 0.15) is 12.8 Å². The van der Waals surface area contributed by atoms with Crippen molar-refractivity contribution in [2.24, 2.45) is 0 Å². The van der Waals surface area contributed by atoms with Crippen LogP contribution in [-0.4, -0.2) is 20.1 Å². The summed E-state index contributed by atoms with van der Waals surface area (Å²) in [5.74, 6) is 0.534. The van der Waals surface area contributed by atoms with Gasteiger partial charge in [0.05, 0.1) is 16.5 Å².